The van der Waals surface area contributed by atoms with Crippen molar-refractivity contribution in [2.75, 3.05) is 13.2 Å². The third-order valence-corrected chi connectivity index (χ3v) is 2.49. The maximum Gasteiger partial charge on any atom is 0.422 e. The minimum atomic E-state index is -4.53. The van der Waals surface area contributed by atoms with E-state index >= 15 is 0 Å². The first-order chi connectivity index (χ1) is 10.3. The number of ether oxygens (including phenoxy) is 1. The molecule has 1 aromatic heterocycles. The van der Waals surface area contributed by atoms with Gasteiger partial charge in [0.25, 0.3) is 5.91 Å². The normalized spacial score (nSPS) is 11.0. The zero-order valence-electron chi connectivity index (χ0n) is 11.5. The Morgan fingerprint density at radius 2 is 2.05 bits per heavy atom. The first kappa shape index (κ1) is 17.7. The van der Waals surface area contributed by atoms with E-state index in [2.05, 4.69) is 15.0 Å². The molecule has 122 valence electrons. The molecule has 0 aliphatic carbocycles. The number of carboxylic acids is 1. The minimum absolute atomic E-state index is 0.0112. The van der Waals surface area contributed by atoms with Gasteiger partial charge in [0.15, 0.2) is 6.61 Å². The van der Waals surface area contributed by atoms with Crippen LogP contribution in [0.25, 0.3) is 0 Å². The van der Waals surface area contributed by atoms with Gasteiger partial charge in [0.05, 0.1) is 0 Å². The summed E-state index contributed by atoms with van der Waals surface area (Å²) in [5.74, 6) is -1.95. The fourth-order valence-corrected chi connectivity index (χ4v) is 1.53. The summed E-state index contributed by atoms with van der Waals surface area (Å²) in [6.45, 7) is -1.33. The van der Waals surface area contributed by atoms with Gasteiger partial charge >= 0.3 is 12.1 Å². The molecule has 1 heterocycles. The lowest BCUT2D eigenvalue weighted by Gasteiger charge is -2.11. The van der Waals surface area contributed by atoms with E-state index in [0.717, 1.165) is 0 Å². The molecule has 0 bridgehead atoms. The van der Waals surface area contributed by atoms with Crippen LogP contribution in [0.5, 0.6) is 5.88 Å². The zero-order chi connectivity index (χ0) is 16.6. The first-order valence-corrected chi connectivity index (χ1v) is 6.44. The van der Waals surface area contributed by atoms with Crippen LogP contribution in [0.3, 0.4) is 0 Å². The monoisotopic (exact) mass is 320 g/mol. The van der Waals surface area contributed by atoms with Crippen LogP contribution in [0, 0.1) is 0 Å². The highest BCUT2D eigenvalue weighted by Crippen LogP contribution is 2.19. The van der Waals surface area contributed by atoms with E-state index in [4.69, 9.17) is 5.11 Å². The van der Waals surface area contributed by atoms with Crippen LogP contribution >= 0.6 is 0 Å². The topological polar surface area (TPSA) is 88.5 Å². The molecule has 0 spiro atoms. The van der Waals surface area contributed by atoms with Crippen LogP contribution in [0.15, 0.2) is 18.3 Å². The fraction of sp³-hybridized carbons (Fsp3) is 0.462. The molecule has 0 aromatic carbocycles. The maximum atomic E-state index is 12.1. The number of nitrogens with zero attached hydrogens (tertiary/aromatic N) is 1. The Morgan fingerprint density at radius 1 is 1.32 bits per heavy atom. The summed E-state index contributed by atoms with van der Waals surface area (Å²) in [4.78, 5) is 25.8. The van der Waals surface area contributed by atoms with Gasteiger partial charge in [0.2, 0.25) is 5.88 Å². The highest BCUT2D eigenvalue weighted by atomic mass is 19.4. The fourth-order valence-electron chi connectivity index (χ4n) is 1.53. The van der Waals surface area contributed by atoms with E-state index in [1.807, 2.05) is 0 Å². The molecule has 0 radical (unpaired) electrons. The Hall–Kier alpha value is -2.32. The zero-order valence-corrected chi connectivity index (χ0v) is 11.5. The third-order valence-electron chi connectivity index (χ3n) is 2.49. The van der Waals surface area contributed by atoms with Gasteiger partial charge < -0.3 is 15.2 Å². The van der Waals surface area contributed by atoms with Crippen LogP contribution < -0.4 is 10.1 Å². The lowest BCUT2D eigenvalue weighted by atomic mass is 10.2. The summed E-state index contributed by atoms with van der Waals surface area (Å²) in [5.41, 5.74) is -0.106. The van der Waals surface area contributed by atoms with Crippen molar-refractivity contribution in [1.82, 2.24) is 10.3 Å². The van der Waals surface area contributed by atoms with Crippen molar-refractivity contribution < 1.29 is 32.6 Å². The first-order valence-electron chi connectivity index (χ1n) is 6.44. The molecule has 0 fully saturated rings. The van der Waals surface area contributed by atoms with Crippen LogP contribution in [0.4, 0.5) is 13.2 Å². The Bertz CT molecular complexity index is 520. The van der Waals surface area contributed by atoms with Crippen molar-refractivity contribution >= 4 is 11.9 Å². The molecule has 2 N–H and O–H groups in total. The summed E-state index contributed by atoms with van der Waals surface area (Å²) < 4.78 is 40.9. The Labute approximate surface area is 124 Å². The molecule has 1 aromatic rings. The largest absolute Gasteiger partial charge is 0.481 e. The summed E-state index contributed by atoms with van der Waals surface area (Å²) >= 11 is 0. The molecular weight excluding hydrogens is 305 g/mol. The number of carbonyl (C=O) groups excluding carboxylic acids is 1. The number of carbonyl (C=O) groups is 2. The highest BCUT2D eigenvalue weighted by Gasteiger charge is 2.29. The average molecular weight is 320 g/mol. The Kier molecular flexibility index (Phi) is 6.61. The smallest absolute Gasteiger partial charge is 0.422 e. The molecule has 0 aliphatic heterocycles. The van der Waals surface area contributed by atoms with Gasteiger partial charge in [-0.25, -0.2) is 4.98 Å². The van der Waals surface area contributed by atoms with Gasteiger partial charge in [-0.1, -0.05) is 0 Å². The molecular formula is C13H15F3N2O4. The van der Waals surface area contributed by atoms with Gasteiger partial charge in [-0.15, -0.1) is 0 Å². The van der Waals surface area contributed by atoms with E-state index in [0.29, 0.717) is 12.8 Å². The van der Waals surface area contributed by atoms with Gasteiger partial charge in [0.1, 0.15) is 5.56 Å². The van der Waals surface area contributed by atoms with Gasteiger partial charge in [0, 0.05) is 19.2 Å². The molecule has 0 saturated heterocycles. The van der Waals surface area contributed by atoms with Crippen LogP contribution in [-0.2, 0) is 4.79 Å². The quantitative estimate of drug-likeness (QED) is 0.715. The highest BCUT2D eigenvalue weighted by molar-refractivity contribution is 5.96. The number of rotatable bonds is 8. The number of halogens is 3. The third kappa shape index (κ3) is 6.91. The summed E-state index contributed by atoms with van der Waals surface area (Å²) in [7, 11) is 0. The SMILES string of the molecule is O=C(O)CCCCNC(=O)c1cccnc1OCC(F)(F)F. The van der Waals surface area contributed by atoms with Crippen molar-refractivity contribution in [2.24, 2.45) is 0 Å². The number of aliphatic carboxylic acids is 1. The molecule has 9 heteroatoms. The molecule has 0 aliphatic rings. The number of alkyl halides is 3. The summed E-state index contributed by atoms with van der Waals surface area (Å²) in [5, 5.41) is 10.9. The standard InChI is InChI=1S/C13H15F3N2O4/c14-13(15,16)8-22-12-9(4-3-7-18-12)11(21)17-6-2-1-5-10(19)20/h3-4,7H,1-2,5-6,8H2,(H,17,21)(H,19,20). The second-order valence-corrected chi connectivity index (χ2v) is 4.37. The summed E-state index contributed by atoms with van der Waals surface area (Å²) in [6.07, 6.45) is -2.49. The van der Waals surface area contributed by atoms with Gasteiger partial charge in [-0.05, 0) is 25.0 Å². The van der Waals surface area contributed by atoms with E-state index in [-0.39, 0.29) is 18.5 Å². The van der Waals surface area contributed by atoms with Crippen LogP contribution in [0.1, 0.15) is 29.6 Å². The Morgan fingerprint density at radius 3 is 2.68 bits per heavy atom. The molecule has 6 nitrogen and oxygen atoms in total. The van der Waals surface area contributed by atoms with Gasteiger partial charge in [-0.2, -0.15) is 13.2 Å². The average Bonchev–Trinajstić information content (AvgIpc) is 2.43. The number of hydrogen-bond acceptors (Lipinski definition) is 4. The second-order valence-electron chi connectivity index (χ2n) is 4.37. The van der Waals surface area contributed by atoms with Crippen molar-refractivity contribution in [1.29, 1.82) is 0 Å². The van der Waals surface area contributed by atoms with E-state index < -0.39 is 30.5 Å². The van der Waals surface area contributed by atoms with Gasteiger partial charge in [-0.3, -0.25) is 9.59 Å². The predicted octanol–water partition coefficient (Wildman–Crippen LogP) is 2.01. The molecule has 0 atom stereocenters. The van der Waals surface area contributed by atoms with E-state index in [1.54, 1.807) is 0 Å². The second kappa shape index (κ2) is 8.20. The minimum Gasteiger partial charge on any atom is -0.481 e. The lowest BCUT2D eigenvalue weighted by Crippen LogP contribution is -2.26. The molecule has 1 rings (SSSR count). The number of unbranched alkanes of at least 4 members (excludes halogenated alkanes) is 1. The number of carboxylic acid groups (broad SMARTS) is 1. The number of aromatic nitrogens is 1. The number of nitrogens with one attached hydrogen (secondary N) is 1. The van der Waals surface area contributed by atoms with Crippen molar-refractivity contribution in [3.05, 3.63) is 23.9 Å². The van der Waals surface area contributed by atoms with Crippen molar-refractivity contribution in [3.63, 3.8) is 0 Å². The molecule has 0 saturated carbocycles. The Balaban J connectivity index is 2.52. The number of hydrogen-bond donors (Lipinski definition) is 2. The molecule has 0 unspecified atom stereocenters. The number of pyridine rings is 1. The van der Waals surface area contributed by atoms with Crippen LogP contribution in [-0.4, -0.2) is 41.3 Å². The van der Waals surface area contributed by atoms with Crippen LogP contribution in [0.2, 0.25) is 0 Å². The molecule has 22 heavy (non-hydrogen) atoms. The predicted molar refractivity (Wildman–Crippen MR) is 69.6 cm³/mol. The summed E-state index contributed by atoms with van der Waals surface area (Å²) in [6, 6.07) is 2.70. The van der Waals surface area contributed by atoms with E-state index in [9.17, 15) is 22.8 Å². The van der Waals surface area contributed by atoms with Crippen molar-refractivity contribution in [2.45, 2.75) is 25.4 Å². The van der Waals surface area contributed by atoms with E-state index in [1.165, 1.54) is 18.3 Å². The van der Waals surface area contributed by atoms with Crippen molar-refractivity contribution in [3.8, 4) is 5.88 Å². The maximum absolute atomic E-state index is 12.1. The number of amides is 1. The lowest BCUT2D eigenvalue weighted by molar-refractivity contribution is -0.154. The molecule has 1 amide bonds.